The molecule has 2 aromatic rings. The van der Waals surface area contributed by atoms with Gasteiger partial charge in [0.25, 0.3) is 5.91 Å². The van der Waals surface area contributed by atoms with Crippen LogP contribution in [0.5, 0.6) is 0 Å². The number of carbonyl (C=O) groups excluding carboxylic acids is 1. The number of carboxylic acid groups (broad SMARTS) is 1. The summed E-state index contributed by atoms with van der Waals surface area (Å²) in [6, 6.07) is 8.13. The number of likely N-dealkylation sites (tertiary alicyclic amines) is 1. The largest absolute Gasteiger partial charge is 0.490 e. The van der Waals surface area contributed by atoms with E-state index in [4.69, 9.17) is 14.6 Å². The molecule has 0 atom stereocenters. The Labute approximate surface area is 188 Å². The molecule has 0 bridgehead atoms. The lowest BCUT2D eigenvalue weighted by Gasteiger charge is -2.47. The van der Waals surface area contributed by atoms with E-state index in [1.165, 1.54) is 4.88 Å². The van der Waals surface area contributed by atoms with Crippen LogP contribution in [0.25, 0.3) is 0 Å². The molecule has 0 radical (unpaired) electrons. The minimum Gasteiger partial charge on any atom is -0.475 e. The summed E-state index contributed by atoms with van der Waals surface area (Å²) in [5.74, 6) is -2.62. The summed E-state index contributed by atoms with van der Waals surface area (Å²) >= 11 is 1.82. The zero-order chi connectivity index (χ0) is 23.4. The number of amides is 1. The van der Waals surface area contributed by atoms with Gasteiger partial charge < -0.3 is 19.3 Å². The third-order valence-corrected chi connectivity index (χ3v) is 6.52. The molecule has 2 aliphatic rings. The van der Waals surface area contributed by atoms with Crippen molar-refractivity contribution in [2.45, 2.75) is 31.2 Å². The topological polar surface area (TPSA) is 75.0 Å². The van der Waals surface area contributed by atoms with Crippen LogP contribution in [0.3, 0.4) is 0 Å². The van der Waals surface area contributed by atoms with Crippen LogP contribution in [0.15, 0.2) is 35.8 Å². The summed E-state index contributed by atoms with van der Waals surface area (Å²) in [6.45, 7) is 5.31. The average molecular weight is 474 g/mol. The molecule has 2 aliphatic heterocycles. The Hall–Kier alpha value is -2.37. The van der Waals surface area contributed by atoms with E-state index in [1.807, 2.05) is 46.2 Å². The fraction of sp³-hybridized carbons (Fsp3) is 0.524. The maximum Gasteiger partial charge on any atom is 0.490 e. The van der Waals surface area contributed by atoms with E-state index in [9.17, 15) is 18.0 Å². The summed E-state index contributed by atoms with van der Waals surface area (Å²) in [5.41, 5.74) is 0.681. The van der Waals surface area contributed by atoms with Gasteiger partial charge >= 0.3 is 12.1 Å². The molecule has 0 saturated carbocycles. The Balaban J connectivity index is 0.000000360. The number of halogens is 3. The van der Waals surface area contributed by atoms with Gasteiger partial charge in [-0.15, -0.1) is 11.3 Å². The van der Waals surface area contributed by atoms with Crippen molar-refractivity contribution in [2.24, 2.45) is 7.05 Å². The van der Waals surface area contributed by atoms with Crippen LogP contribution < -0.4 is 0 Å². The first-order valence-corrected chi connectivity index (χ1v) is 11.1. The molecule has 4 rings (SSSR count). The monoisotopic (exact) mass is 473 g/mol. The maximum atomic E-state index is 12.7. The predicted molar refractivity (Wildman–Crippen MR) is 113 cm³/mol. The molecule has 11 heteroatoms. The van der Waals surface area contributed by atoms with Crippen LogP contribution in [0.1, 0.15) is 28.2 Å². The van der Waals surface area contributed by atoms with Gasteiger partial charge in [0.1, 0.15) is 5.69 Å². The normalized spacial score (nSPS) is 18.8. The quantitative estimate of drug-likeness (QED) is 0.741. The van der Waals surface area contributed by atoms with Crippen LogP contribution in [-0.4, -0.2) is 75.9 Å². The van der Waals surface area contributed by atoms with Crippen LogP contribution in [0.2, 0.25) is 0 Å². The van der Waals surface area contributed by atoms with E-state index < -0.39 is 12.1 Å². The molecule has 1 spiro atoms. The van der Waals surface area contributed by atoms with Gasteiger partial charge in [-0.05, 0) is 36.4 Å². The first kappa shape index (κ1) is 24.3. The molecule has 7 nitrogen and oxygen atoms in total. The first-order chi connectivity index (χ1) is 15.1. The zero-order valence-corrected chi connectivity index (χ0v) is 18.5. The maximum absolute atomic E-state index is 12.7. The van der Waals surface area contributed by atoms with Gasteiger partial charge in [-0.1, -0.05) is 6.07 Å². The first-order valence-electron chi connectivity index (χ1n) is 10.2. The van der Waals surface area contributed by atoms with Crippen molar-refractivity contribution >= 4 is 23.2 Å². The summed E-state index contributed by atoms with van der Waals surface area (Å²) in [4.78, 5) is 27.5. The van der Waals surface area contributed by atoms with Gasteiger partial charge in [-0.25, -0.2) is 4.79 Å². The molecule has 0 aromatic carbocycles. The van der Waals surface area contributed by atoms with E-state index >= 15 is 0 Å². The van der Waals surface area contributed by atoms with Crippen molar-refractivity contribution < 1.29 is 32.6 Å². The van der Waals surface area contributed by atoms with Gasteiger partial charge in [0, 0.05) is 50.8 Å². The fourth-order valence-electron chi connectivity index (χ4n) is 3.95. The summed E-state index contributed by atoms with van der Waals surface area (Å²) in [5, 5.41) is 9.26. The molecule has 0 unspecified atom stereocenters. The smallest absolute Gasteiger partial charge is 0.475 e. The lowest BCUT2D eigenvalue weighted by molar-refractivity contribution is -0.192. The Morgan fingerprint density at radius 1 is 1.19 bits per heavy atom. The predicted octanol–water partition coefficient (Wildman–Crippen LogP) is 3.23. The number of carboxylic acids is 1. The van der Waals surface area contributed by atoms with E-state index in [-0.39, 0.29) is 11.5 Å². The number of morpholine rings is 1. The Bertz CT molecular complexity index is 906. The molecule has 1 amide bonds. The number of hydrogen-bond donors (Lipinski definition) is 1. The molecular formula is C21H26F3N3O4S. The third kappa shape index (κ3) is 6.11. The zero-order valence-electron chi connectivity index (χ0n) is 17.7. The molecule has 2 saturated heterocycles. The highest BCUT2D eigenvalue weighted by Gasteiger charge is 2.41. The second kappa shape index (κ2) is 10.1. The number of aromatic nitrogens is 1. The molecule has 0 aliphatic carbocycles. The molecule has 1 N–H and O–H groups in total. The summed E-state index contributed by atoms with van der Waals surface area (Å²) < 4.78 is 39.8. The second-order valence-electron chi connectivity index (χ2n) is 7.92. The highest BCUT2D eigenvalue weighted by Crippen LogP contribution is 2.31. The molecular weight excluding hydrogens is 447 g/mol. The van der Waals surface area contributed by atoms with Crippen LogP contribution in [0.4, 0.5) is 13.2 Å². The summed E-state index contributed by atoms with van der Waals surface area (Å²) in [7, 11) is 1.92. The number of thiophene rings is 1. The fourth-order valence-corrected chi connectivity index (χ4v) is 4.69. The minimum absolute atomic E-state index is 0.0828. The lowest BCUT2D eigenvalue weighted by Crippen LogP contribution is -2.57. The van der Waals surface area contributed by atoms with E-state index in [1.54, 1.807) is 0 Å². The SMILES string of the molecule is Cn1cccc1C(=O)N1CCC2(CC1)CN(Cc1cccs1)CCO2.O=C(O)C(F)(F)F. The van der Waals surface area contributed by atoms with E-state index in [0.29, 0.717) is 0 Å². The van der Waals surface area contributed by atoms with Crippen LogP contribution in [-0.2, 0) is 23.1 Å². The van der Waals surface area contributed by atoms with Crippen molar-refractivity contribution in [1.29, 1.82) is 0 Å². The van der Waals surface area contributed by atoms with Gasteiger partial charge in [0.2, 0.25) is 0 Å². The number of alkyl halides is 3. The standard InChI is InChI=1S/C19H25N3O2S.C2HF3O2/c1-20-8-2-5-17(20)18(23)22-9-6-19(7-10-22)15-21(11-12-24-19)14-16-4-3-13-25-16;3-2(4,5)1(6)7/h2-5,8,13H,6-7,9-12,14-15H2,1H3;(H,6,7). The van der Waals surface area contributed by atoms with E-state index in [0.717, 1.165) is 57.9 Å². The van der Waals surface area contributed by atoms with E-state index in [2.05, 4.69) is 22.4 Å². The average Bonchev–Trinajstić information content (AvgIpc) is 3.39. The lowest BCUT2D eigenvalue weighted by atomic mass is 9.89. The molecule has 32 heavy (non-hydrogen) atoms. The number of aliphatic carboxylic acids is 1. The van der Waals surface area contributed by atoms with Crippen molar-refractivity contribution in [3.63, 3.8) is 0 Å². The van der Waals surface area contributed by atoms with Crippen molar-refractivity contribution in [2.75, 3.05) is 32.8 Å². The van der Waals surface area contributed by atoms with Crippen LogP contribution in [0, 0.1) is 0 Å². The number of ether oxygens (including phenoxy) is 1. The number of nitrogens with zero attached hydrogens (tertiary/aromatic N) is 3. The number of piperidine rings is 1. The number of rotatable bonds is 3. The van der Waals surface area contributed by atoms with Crippen molar-refractivity contribution in [1.82, 2.24) is 14.4 Å². The Morgan fingerprint density at radius 2 is 1.88 bits per heavy atom. The van der Waals surface area contributed by atoms with Gasteiger partial charge in [-0.3, -0.25) is 9.69 Å². The highest BCUT2D eigenvalue weighted by atomic mass is 32.1. The highest BCUT2D eigenvalue weighted by molar-refractivity contribution is 7.09. The van der Waals surface area contributed by atoms with Crippen molar-refractivity contribution in [3.05, 3.63) is 46.4 Å². The number of carbonyl (C=O) groups is 2. The molecule has 2 fully saturated rings. The number of aryl methyl sites for hydroxylation is 1. The second-order valence-corrected chi connectivity index (χ2v) is 8.95. The third-order valence-electron chi connectivity index (χ3n) is 5.65. The Kier molecular flexibility index (Phi) is 7.63. The van der Waals surface area contributed by atoms with Gasteiger partial charge in [0.05, 0.1) is 12.2 Å². The minimum atomic E-state index is -5.08. The van der Waals surface area contributed by atoms with Crippen molar-refractivity contribution in [3.8, 4) is 0 Å². The Morgan fingerprint density at radius 3 is 2.41 bits per heavy atom. The van der Waals surface area contributed by atoms with Gasteiger partial charge in [-0.2, -0.15) is 13.2 Å². The summed E-state index contributed by atoms with van der Waals surface area (Å²) in [6.07, 6.45) is -1.32. The number of hydrogen-bond acceptors (Lipinski definition) is 5. The molecule has 2 aromatic heterocycles. The van der Waals surface area contributed by atoms with Crippen LogP contribution >= 0.6 is 11.3 Å². The van der Waals surface area contributed by atoms with Gasteiger partial charge in [0.15, 0.2) is 0 Å². The molecule has 4 heterocycles. The molecule has 176 valence electrons.